The number of carbonyl (C=O) groups is 2. The summed E-state index contributed by atoms with van der Waals surface area (Å²) in [7, 11) is 2.61. The summed E-state index contributed by atoms with van der Waals surface area (Å²) in [5.41, 5.74) is 4.28. The van der Waals surface area contributed by atoms with Crippen LogP contribution in [0.2, 0.25) is 0 Å². The molecular weight excluding hydrogens is 313 g/mol. The molecule has 0 aliphatic carbocycles. The van der Waals surface area contributed by atoms with E-state index in [2.05, 4.69) is 9.24 Å². The van der Waals surface area contributed by atoms with Crippen LogP contribution in [0, 0.1) is 20.8 Å². The number of rotatable bonds is 5. The summed E-state index contributed by atoms with van der Waals surface area (Å²) >= 11 is 1.46. The van der Waals surface area contributed by atoms with Crippen LogP contribution >= 0.6 is 21.0 Å². The van der Waals surface area contributed by atoms with E-state index in [0.29, 0.717) is 12.2 Å². The highest BCUT2D eigenvalue weighted by atomic mass is 32.2. The lowest BCUT2D eigenvalue weighted by Gasteiger charge is -2.25. The number of aryl methyl sites for hydroxylation is 3. The maximum atomic E-state index is 12.8. The quantitative estimate of drug-likeness (QED) is 0.469. The second-order valence-corrected chi connectivity index (χ2v) is 7.06. The van der Waals surface area contributed by atoms with Crippen molar-refractivity contribution in [2.24, 2.45) is 0 Å². The van der Waals surface area contributed by atoms with E-state index >= 15 is 0 Å². The second-order valence-electron chi connectivity index (χ2n) is 5.48. The molecule has 1 aliphatic heterocycles. The monoisotopic (exact) mass is 333 g/mol. The summed E-state index contributed by atoms with van der Waals surface area (Å²) in [5.74, 6) is 0.0943. The van der Waals surface area contributed by atoms with Crippen molar-refractivity contribution in [1.82, 2.24) is 4.90 Å². The Morgan fingerprint density at radius 2 is 1.95 bits per heavy atom. The molecule has 3 nitrogen and oxygen atoms in total. The van der Waals surface area contributed by atoms with Crippen LogP contribution in [0.1, 0.15) is 27.0 Å². The van der Waals surface area contributed by atoms with Crippen molar-refractivity contribution >= 4 is 33.1 Å². The average molecular weight is 333 g/mol. The Hall–Kier alpha value is -1.38. The summed E-state index contributed by atoms with van der Waals surface area (Å²) in [4.78, 5) is 25.7. The number of allylic oxidation sites excluding steroid dienone is 1. The first-order chi connectivity index (χ1) is 10.4. The van der Waals surface area contributed by atoms with Gasteiger partial charge in [0.1, 0.15) is 0 Å². The molecule has 0 saturated carbocycles. The minimum Gasteiger partial charge on any atom is -0.343 e. The maximum Gasteiger partial charge on any atom is 0.172 e. The summed E-state index contributed by atoms with van der Waals surface area (Å²) < 4.78 is 0. The standard InChI is InChI=1S/C17H20NO2PS/c1-11-6-12(2)16(13(3)7-11)17(20)15(21)8-18-4-5-22-10-14(18)9-19/h4-7,9-10,15H,8,21H2,1-3H3. The number of carbonyl (C=O) groups excluding carboxylic acids is 2. The molecule has 0 aromatic heterocycles. The van der Waals surface area contributed by atoms with Crippen molar-refractivity contribution in [1.29, 1.82) is 0 Å². The van der Waals surface area contributed by atoms with Crippen molar-refractivity contribution in [3.05, 3.63) is 57.1 Å². The third-order valence-electron chi connectivity index (χ3n) is 3.61. The van der Waals surface area contributed by atoms with E-state index in [1.54, 1.807) is 5.41 Å². The number of benzene rings is 1. The molecule has 0 spiro atoms. The Labute approximate surface area is 138 Å². The van der Waals surface area contributed by atoms with Gasteiger partial charge < -0.3 is 4.90 Å². The highest BCUT2D eigenvalue weighted by Gasteiger charge is 2.22. The lowest BCUT2D eigenvalue weighted by atomic mass is 9.95. The van der Waals surface area contributed by atoms with Crippen LogP contribution in [0.25, 0.3) is 0 Å². The summed E-state index contributed by atoms with van der Waals surface area (Å²) in [6.07, 6.45) is 2.66. The van der Waals surface area contributed by atoms with Crippen LogP contribution in [-0.4, -0.2) is 29.2 Å². The average Bonchev–Trinajstić information content (AvgIpc) is 2.46. The zero-order valence-corrected chi connectivity index (χ0v) is 15.0. The van der Waals surface area contributed by atoms with Gasteiger partial charge in [0.25, 0.3) is 0 Å². The van der Waals surface area contributed by atoms with E-state index in [-0.39, 0.29) is 11.4 Å². The zero-order valence-electron chi connectivity index (χ0n) is 13.0. The third kappa shape index (κ3) is 3.68. The first-order valence-electron chi connectivity index (χ1n) is 7.05. The van der Waals surface area contributed by atoms with E-state index < -0.39 is 0 Å². The van der Waals surface area contributed by atoms with Gasteiger partial charge in [0.15, 0.2) is 12.1 Å². The molecule has 2 unspecified atom stereocenters. The van der Waals surface area contributed by atoms with Crippen molar-refractivity contribution in [3.63, 3.8) is 0 Å². The molecule has 1 heterocycles. The SMILES string of the molecule is Cc1cc(C)c(C(=O)C(P)CN2C=CSC=C2C=O)c(C)c1. The molecule has 2 rings (SSSR count). The highest BCUT2D eigenvalue weighted by Crippen LogP contribution is 2.24. The fourth-order valence-electron chi connectivity index (χ4n) is 2.68. The predicted molar refractivity (Wildman–Crippen MR) is 96.1 cm³/mol. The molecule has 2 atom stereocenters. The molecule has 1 aromatic carbocycles. The topological polar surface area (TPSA) is 37.4 Å². The number of hydrogen-bond donors (Lipinski definition) is 0. The Bertz CT molecular complexity index is 644. The van der Waals surface area contributed by atoms with Crippen molar-refractivity contribution in [2.45, 2.75) is 26.4 Å². The highest BCUT2D eigenvalue weighted by molar-refractivity contribution is 8.05. The van der Waals surface area contributed by atoms with Gasteiger partial charge in [-0.1, -0.05) is 17.7 Å². The zero-order chi connectivity index (χ0) is 16.3. The number of ketones is 1. The predicted octanol–water partition coefficient (Wildman–Crippen LogP) is 3.60. The fourth-order valence-corrected chi connectivity index (χ4v) is 3.70. The number of thioether (sulfide) groups is 1. The number of aldehydes is 1. The molecular formula is C17H20NO2PS. The van der Waals surface area contributed by atoms with Gasteiger partial charge in [0.2, 0.25) is 0 Å². The second kappa shape index (κ2) is 7.26. The molecule has 5 heteroatoms. The molecule has 22 heavy (non-hydrogen) atoms. The van der Waals surface area contributed by atoms with Crippen LogP contribution in [0.15, 0.2) is 34.8 Å². The van der Waals surface area contributed by atoms with Crippen LogP contribution in [0.3, 0.4) is 0 Å². The molecule has 116 valence electrons. The molecule has 0 N–H and O–H groups in total. The normalized spacial score (nSPS) is 15.5. The van der Waals surface area contributed by atoms with Crippen LogP contribution in [0.4, 0.5) is 0 Å². The lowest BCUT2D eigenvalue weighted by Crippen LogP contribution is -2.31. The van der Waals surface area contributed by atoms with Gasteiger partial charge >= 0.3 is 0 Å². The molecule has 0 saturated heterocycles. The van der Waals surface area contributed by atoms with Crippen molar-refractivity contribution in [2.75, 3.05) is 6.54 Å². The molecule has 1 aromatic rings. The van der Waals surface area contributed by atoms with Crippen LogP contribution in [0.5, 0.6) is 0 Å². The Morgan fingerprint density at radius 3 is 2.55 bits per heavy atom. The lowest BCUT2D eigenvalue weighted by molar-refractivity contribution is -0.105. The van der Waals surface area contributed by atoms with E-state index in [1.807, 2.05) is 49.4 Å². The van der Waals surface area contributed by atoms with Gasteiger partial charge in [-0.15, -0.1) is 21.0 Å². The summed E-state index contributed by atoms with van der Waals surface area (Å²) in [5, 5.41) is 3.69. The van der Waals surface area contributed by atoms with E-state index in [0.717, 1.165) is 28.5 Å². The van der Waals surface area contributed by atoms with Gasteiger partial charge in [-0.3, -0.25) is 9.59 Å². The molecule has 0 bridgehead atoms. The van der Waals surface area contributed by atoms with Crippen molar-refractivity contribution < 1.29 is 9.59 Å². The summed E-state index contributed by atoms with van der Waals surface area (Å²) in [6.45, 7) is 6.44. The third-order valence-corrected chi connectivity index (χ3v) is 4.78. The number of hydrogen-bond acceptors (Lipinski definition) is 4. The fraction of sp³-hybridized carbons (Fsp3) is 0.294. The Kier molecular flexibility index (Phi) is 5.60. The van der Waals surface area contributed by atoms with Crippen molar-refractivity contribution in [3.8, 4) is 0 Å². The van der Waals surface area contributed by atoms with Gasteiger partial charge in [-0.2, -0.15) is 0 Å². The van der Waals surface area contributed by atoms with Gasteiger partial charge in [-0.25, -0.2) is 0 Å². The largest absolute Gasteiger partial charge is 0.343 e. The summed E-state index contributed by atoms with van der Waals surface area (Å²) in [6, 6.07) is 4.07. The molecule has 0 radical (unpaired) electrons. The number of Topliss-reactive ketones (excluding diaryl/α,β-unsaturated/α-hetero) is 1. The van der Waals surface area contributed by atoms with Gasteiger partial charge in [-0.05, 0) is 37.3 Å². The Morgan fingerprint density at radius 1 is 1.32 bits per heavy atom. The minimum absolute atomic E-state index is 0.0943. The smallest absolute Gasteiger partial charge is 0.172 e. The van der Waals surface area contributed by atoms with Gasteiger partial charge in [0.05, 0.1) is 11.4 Å². The van der Waals surface area contributed by atoms with Gasteiger partial charge in [0, 0.05) is 23.7 Å². The first-order valence-corrected chi connectivity index (χ1v) is 8.66. The van der Waals surface area contributed by atoms with Crippen LogP contribution in [-0.2, 0) is 4.79 Å². The van der Waals surface area contributed by atoms with Crippen LogP contribution < -0.4 is 0 Å². The van der Waals surface area contributed by atoms with E-state index in [4.69, 9.17) is 0 Å². The maximum absolute atomic E-state index is 12.8. The molecule has 0 amide bonds. The first kappa shape index (κ1) is 17.0. The Balaban J connectivity index is 2.20. The molecule has 0 fully saturated rings. The molecule has 1 aliphatic rings. The van der Waals surface area contributed by atoms with E-state index in [1.165, 1.54) is 11.8 Å². The van der Waals surface area contributed by atoms with E-state index in [9.17, 15) is 9.59 Å². The number of nitrogens with zero attached hydrogens (tertiary/aromatic N) is 1. The minimum atomic E-state index is -0.267.